The molecule has 0 radical (unpaired) electrons. The van der Waals surface area contributed by atoms with Gasteiger partial charge >= 0.3 is 0 Å². The van der Waals surface area contributed by atoms with Crippen LogP contribution in [0.2, 0.25) is 0 Å². The van der Waals surface area contributed by atoms with Crippen molar-refractivity contribution in [1.82, 2.24) is 4.72 Å². The highest BCUT2D eigenvalue weighted by Crippen LogP contribution is 2.43. The van der Waals surface area contributed by atoms with E-state index in [2.05, 4.69) is 4.72 Å². The van der Waals surface area contributed by atoms with Crippen molar-refractivity contribution >= 4 is 15.7 Å². The molecule has 1 aliphatic rings. The number of ether oxygens (including phenoxy) is 1. The molecule has 3 N–H and O–H groups in total. The van der Waals surface area contributed by atoms with Crippen LogP contribution in [0.5, 0.6) is 0 Å². The van der Waals surface area contributed by atoms with Crippen LogP contribution >= 0.6 is 0 Å². The summed E-state index contributed by atoms with van der Waals surface area (Å²) in [5.41, 5.74) is 5.85. The van der Waals surface area contributed by atoms with E-state index >= 15 is 0 Å². The van der Waals surface area contributed by atoms with Crippen molar-refractivity contribution in [3.8, 4) is 0 Å². The molecule has 5 nitrogen and oxygen atoms in total. The molecule has 2 atom stereocenters. The minimum absolute atomic E-state index is 0.0843. The maximum absolute atomic E-state index is 12.3. The standard InChI is InChI=1S/C13H20N2O3S/c1-13(2)11(8-12(13)18-3)15-19(16,17)10-6-4-5-9(14)7-10/h4-7,11-12,15H,8,14H2,1-3H3. The van der Waals surface area contributed by atoms with E-state index < -0.39 is 10.0 Å². The van der Waals surface area contributed by atoms with Gasteiger partial charge in [0.15, 0.2) is 0 Å². The Labute approximate surface area is 114 Å². The molecule has 0 spiro atoms. The summed E-state index contributed by atoms with van der Waals surface area (Å²) in [6, 6.07) is 6.17. The second-order valence-corrected chi connectivity index (χ2v) is 7.24. The molecule has 0 aliphatic heterocycles. The van der Waals surface area contributed by atoms with Gasteiger partial charge in [0.25, 0.3) is 0 Å². The first kappa shape index (κ1) is 14.3. The number of sulfonamides is 1. The summed E-state index contributed by atoms with van der Waals surface area (Å²) in [4.78, 5) is 0.198. The van der Waals surface area contributed by atoms with Crippen LogP contribution in [0.1, 0.15) is 20.3 Å². The maximum atomic E-state index is 12.3. The molecule has 1 aromatic carbocycles. The van der Waals surface area contributed by atoms with E-state index in [1.807, 2.05) is 13.8 Å². The molecule has 1 fully saturated rings. The number of nitrogens with two attached hydrogens (primary N) is 1. The first-order valence-corrected chi connectivity index (χ1v) is 7.66. The number of benzene rings is 1. The maximum Gasteiger partial charge on any atom is 0.240 e. The van der Waals surface area contributed by atoms with Gasteiger partial charge in [-0.1, -0.05) is 19.9 Å². The Morgan fingerprint density at radius 2 is 2.11 bits per heavy atom. The van der Waals surface area contributed by atoms with E-state index in [1.54, 1.807) is 19.2 Å². The van der Waals surface area contributed by atoms with Gasteiger partial charge in [-0.05, 0) is 24.6 Å². The lowest BCUT2D eigenvalue weighted by Gasteiger charge is -2.50. The molecule has 1 aromatic rings. The molecule has 0 saturated heterocycles. The van der Waals surface area contributed by atoms with Gasteiger partial charge in [-0.15, -0.1) is 0 Å². The van der Waals surface area contributed by atoms with Crippen LogP contribution in [0.15, 0.2) is 29.2 Å². The summed E-state index contributed by atoms with van der Waals surface area (Å²) >= 11 is 0. The lowest BCUT2D eigenvalue weighted by atomic mass is 9.65. The highest BCUT2D eigenvalue weighted by Gasteiger charge is 2.50. The zero-order valence-electron chi connectivity index (χ0n) is 11.4. The molecule has 2 unspecified atom stereocenters. The quantitative estimate of drug-likeness (QED) is 0.818. The predicted octanol–water partition coefficient (Wildman–Crippen LogP) is 1.36. The predicted molar refractivity (Wildman–Crippen MR) is 74.2 cm³/mol. The highest BCUT2D eigenvalue weighted by molar-refractivity contribution is 7.89. The van der Waals surface area contributed by atoms with Crippen LogP contribution in [-0.2, 0) is 14.8 Å². The SMILES string of the molecule is COC1CC(NS(=O)(=O)c2cccc(N)c2)C1(C)C. The van der Waals surface area contributed by atoms with Gasteiger partial charge in [0.2, 0.25) is 10.0 Å². The molecule has 106 valence electrons. The third-order valence-electron chi connectivity index (χ3n) is 3.93. The molecule has 0 bridgehead atoms. The number of hydrogen-bond donors (Lipinski definition) is 2. The zero-order chi connectivity index (χ0) is 14.3. The van der Waals surface area contributed by atoms with Gasteiger partial charge in [0.05, 0.1) is 11.0 Å². The summed E-state index contributed by atoms with van der Waals surface area (Å²) in [7, 11) is -1.88. The molecule has 19 heavy (non-hydrogen) atoms. The zero-order valence-corrected chi connectivity index (χ0v) is 12.2. The van der Waals surface area contributed by atoms with Crippen LogP contribution in [0.4, 0.5) is 5.69 Å². The van der Waals surface area contributed by atoms with Crippen molar-refractivity contribution in [2.24, 2.45) is 5.41 Å². The fraction of sp³-hybridized carbons (Fsp3) is 0.538. The Balaban J connectivity index is 2.16. The van der Waals surface area contributed by atoms with Crippen molar-refractivity contribution in [1.29, 1.82) is 0 Å². The molecule has 0 amide bonds. The van der Waals surface area contributed by atoms with Crippen LogP contribution in [-0.4, -0.2) is 27.7 Å². The summed E-state index contributed by atoms with van der Waals surface area (Å²) in [5.74, 6) is 0. The van der Waals surface area contributed by atoms with E-state index in [-0.39, 0.29) is 22.5 Å². The van der Waals surface area contributed by atoms with Crippen molar-refractivity contribution in [2.45, 2.75) is 37.3 Å². The number of hydrogen-bond acceptors (Lipinski definition) is 4. The molecule has 0 aromatic heterocycles. The van der Waals surface area contributed by atoms with Gasteiger partial charge < -0.3 is 10.5 Å². The summed E-state index contributed by atoms with van der Waals surface area (Å²) in [5, 5.41) is 0. The Kier molecular flexibility index (Phi) is 3.59. The second-order valence-electron chi connectivity index (χ2n) is 5.53. The van der Waals surface area contributed by atoms with Crippen molar-refractivity contribution in [3.05, 3.63) is 24.3 Å². The number of anilines is 1. The fourth-order valence-corrected chi connectivity index (χ4v) is 3.88. The van der Waals surface area contributed by atoms with E-state index in [0.29, 0.717) is 12.1 Å². The normalized spacial score (nSPS) is 25.8. The Morgan fingerprint density at radius 1 is 1.42 bits per heavy atom. The summed E-state index contributed by atoms with van der Waals surface area (Å²) < 4.78 is 32.6. The molecule has 2 rings (SSSR count). The minimum atomic E-state index is -3.53. The Hall–Kier alpha value is -1.11. The van der Waals surface area contributed by atoms with E-state index in [0.717, 1.165) is 0 Å². The topological polar surface area (TPSA) is 81.4 Å². The largest absolute Gasteiger partial charge is 0.399 e. The lowest BCUT2D eigenvalue weighted by molar-refractivity contribution is -0.0908. The Bertz CT molecular complexity index is 569. The Morgan fingerprint density at radius 3 is 2.63 bits per heavy atom. The number of nitrogen functional groups attached to an aromatic ring is 1. The van der Waals surface area contributed by atoms with Crippen LogP contribution in [0, 0.1) is 5.41 Å². The van der Waals surface area contributed by atoms with Crippen molar-refractivity contribution < 1.29 is 13.2 Å². The van der Waals surface area contributed by atoms with Crippen LogP contribution in [0.25, 0.3) is 0 Å². The monoisotopic (exact) mass is 284 g/mol. The van der Waals surface area contributed by atoms with Crippen molar-refractivity contribution in [3.63, 3.8) is 0 Å². The molecular weight excluding hydrogens is 264 g/mol. The smallest absolute Gasteiger partial charge is 0.240 e. The first-order chi connectivity index (χ1) is 8.77. The molecular formula is C13H20N2O3S. The lowest BCUT2D eigenvalue weighted by Crippen LogP contribution is -2.61. The van der Waals surface area contributed by atoms with Crippen LogP contribution in [0.3, 0.4) is 0 Å². The van der Waals surface area contributed by atoms with Gasteiger partial charge in [-0.2, -0.15) is 0 Å². The van der Waals surface area contributed by atoms with E-state index in [1.165, 1.54) is 12.1 Å². The van der Waals surface area contributed by atoms with Crippen molar-refractivity contribution in [2.75, 3.05) is 12.8 Å². The minimum Gasteiger partial charge on any atom is -0.399 e. The van der Waals surface area contributed by atoms with E-state index in [9.17, 15) is 8.42 Å². The van der Waals surface area contributed by atoms with Crippen LogP contribution < -0.4 is 10.5 Å². The average Bonchev–Trinajstić information content (AvgIpc) is 2.34. The van der Waals surface area contributed by atoms with Gasteiger partial charge in [0.1, 0.15) is 0 Å². The summed E-state index contributed by atoms with van der Waals surface area (Å²) in [6.45, 7) is 3.99. The fourth-order valence-electron chi connectivity index (χ4n) is 2.42. The van der Waals surface area contributed by atoms with Gasteiger partial charge in [-0.25, -0.2) is 13.1 Å². The van der Waals surface area contributed by atoms with Gasteiger partial charge in [-0.3, -0.25) is 0 Å². The van der Waals surface area contributed by atoms with E-state index in [4.69, 9.17) is 10.5 Å². The molecule has 1 aliphatic carbocycles. The molecule has 0 heterocycles. The highest BCUT2D eigenvalue weighted by atomic mass is 32.2. The third-order valence-corrected chi connectivity index (χ3v) is 5.40. The molecule has 6 heteroatoms. The number of rotatable bonds is 4. The van der Waals surface area contributed by atoms with Gasteiger partial charge in [0, 0.05) is 24.3 Å². The summed E-state index contributed by atoms with van der Waals surface area (Å²) in [6.07, 6.45) is 0.770. The second kappa shape index (κ2) is 4.77. The molecule has 1 saturated carbocycles. The third kappa shape index (κ3) is 2.61. The average molecular weight is 284 g/mol. The number of nitrogens with one attached hydrogen (secondary N) is 1. The first-order valence-electron chi connectivity index (χ1n) is 6.18. The number of methoxy groups -OCH3 is 1.